The van der Waals surface area contributed by atoms with Gasteiger partial charge >= 0.3 is 0 Å². The maximum atomic E-state index is 11.9. The molecule has 0 heterocycles. The summed E-state index contributed by atoms with van der Waals surface area (Å²) in [7, 11) is 1.69. The van der Waals surface area contributed by atoms with E-state index in [4.69, 9.17) is 4.74 Å². The standard InChI is InChI=1S/C17H17FO/c1-19-13-15-6-10-17(11-7-15)16-8-4-14(5-9-16)3-2-12-18/h2,4-12H,3,13H2,1H3/b12-2+. The van der Waals surface area contributed by atoms with Gasteiger partial charge in [-0.25, -0.2) is 4.39 Å². The molecule has 0 bridgehead atoms. The van der Waals surface area contributed by atoms with Crippen LogP contribution in [-0.4, -0.2) is 7.11 Å². The monoisotopic (exact) mass is 256 g/mol. The highest BCUT2D eigenvalue weighted by molar-refractivity contribution is 5.64. The number of hydrogen-bond acceptors (Lipinski definition) is 1. The molecule has 2 heteroatoms. The molecule has 0 aromatic heterocycles. The number of ether oxygens (including phenoxy) is 1. The molecule has 2 aromatic carbocycles. The van der Waals surface area contributed by atoms with E-state index in [0.717, 1.165) is 16.7 Å². The molecule has 1 nitrogen and oxygen atoms in total. The molecule has 0 saturated heterocycles. The zero-order valence-corrected chi connectivity index (χ0v) is 11.0. The lowest BCUT2D eigenvalue weighted by atomic mass is 10.0. The van der Waals surface area contributed by atoms with Crippen molar-refractivity contribution >= 4 is 0 Å². The molecule has 0 aliphatic heterocycles. The zero-order chi connectivity index (χ0) is 13.5. The summed E-state index contributed by atoms with van der Waals surface area (Å²) in [6.07, 6.45) is 2.72. The smallest absolute Gasteiger partial charge is 0.0830 e. The van der Waals surface area contributed by atoms with Crippen LogP contribution in [0.5, 0.6) is 0 Å². The first-order chi connectivity index (χ1) is 9.33. The van der Waals surface area contributed by atoms with Crippen molar-refractivity contribution in [2.24, 2.45) is 0 Å². The van der Waals surface area contributed by atoms with Crippen molar-refractivity contribution in [2.75, 3.05) is 7.11 Å². The molecule has 19 heavy (non-hydrogen) atoms. The van der Waals surface area contributed by atoms with Gasteiger partial charge in [-0.05, 0) is 28.7 Å². The van der Waals surface area contributed by atoms with E-state index in [1.807, 2.05) is 12.1 Å². The molecular formula is C17H17FO. The summed E-state index contributed by atoms with van der Waals surface area (Å²) >= 11 is 0. The van der Waals surface area contributed by atoms with Gasteiger partial charge in [-0.15, -0.1) is 0 Å². The predicted molar refractivity (Wildman–Crippen MR) is 76.5 cm³/mol. The van der Waals surface area contributed by atoms with E-state index in [1.54, 1.807) is 7.11 Å². The summed E-state index contributed by atoms with van der Waals surface area (Å²) in [5, 5.41) is 0. The maximum absolute atomic E-state index is 11.9. The highest BCUT2D eigenvalue weighted by Gasteiger charge is 1.98. The molecule has 0 amide bonds. The normalized spacial score (nSPS) is 11.1. The second-order valence-electron chi connectivity index (χ2n) is 4.39. The lowest BCUT2D eigenvalue weighted by Crippen LogP contribution is -1.87. The van der Waals surface area contributed by atoms with E-state index in [9.17, 15) is 4.39 Å². The highest BCUT2D eigenvalue weighted by atomic mass is 19.1. The second kappa shape index (κ2) is 6.86. The second-order valence-corrected chi connectivity index (χ2v) is 4.39. The van der Waals surface area contributed by atoms with Crippen LogP contribution < -0.4 is 0 Å². The van der Waals surface area contributed by atoms with E-state index < -0.39 is 0 Å². The lowest BCUT2D eigenvalue weighted by molar-refractivity contribution is 0.185. The van der Waals surface area contributed by atoms with Crippen molar-refractivity contribution in [1.29, 1.82) is 0 Å². The molecule has 0 aliphatic carbocycles. The fraction of sp³-hybridized carbons (Fsp3) is 0.176. The number of halogens is 1. The molecule has 2 rings (SSSR count). The molecule has 0 N–H and O–H groups in total. The van der Waals surface area contributed by atoms with Gasteiger partial charge in [-0.2, -0.15) is 0 Å². The summed E-state index contributed by atoms with van der Waals surface area (Å²) in [5.74, 6) is 0. The van der Waals surface area contributed by atoms with Gasteiger partial charge in [0.25, 0.3) is 0 Å². The molecule has 0 saturated carbocycles. The Labute approximate surface area is 113 Å². The summed E-state index contributed by atoms with van der Waals surface area (Å²) in [6.45, 7) is 0.634. The average molecular weight is 256 g/mol. The van der Waals surface area contributed by atoms with Gasteiger partial charge in [-0.3, -0.25) is 0 Å². The van der Waals surface area contributed by atoms with Crippen LogP contribution in [0.15, 0.2) is 60.9 Å². The van der Waals surface area contributed by atoms with Crippen molar-refractivity contribution in [3.8, 4) is 11.1 Å². The molecule has 2 aromatic rings. The first-order valence-electron chi connectivity index (χ1n) is 6.26. The van der Waals surface area contributed by atoms with Crippen molar-refractivity contribution in [3.63, 3.8) is 0 Å². The van der Waals surface area contributed by atoms with Gasteiger partial charge in [0, 0.05) is 7.11 Å². The Hall–Kier alpha value is -1.93. The zero-order valence-electron chi connectivity index (χ0n) is 11.0. The van der Waals surface area contributed by atoms with Crippen LogP contribution in [0.1, 0.15) is 11.1 Å². The van der Waals surface area contributed by atoms with Crippen LogP contribution in [0.2, 0.25) is 0 Å². The predicted octanol–water partition coefficient (Wildman–Crippen LogP) is 4.53. The molecule has 0 aliphatic rings. The third-order valence-electron chi connectivity index (χ3n) is 2.99. The summed E-state index contributed by atoms with van der Waals surface area (Å²) in [4.78, 5) is 0. The first kappa shape index (κ1) is 13.5. The Bertz CT molecular complexity index is 526. The van der Waals surface area contributed by atoms with Gasteiger partial charge in [0.2, 0.25) is 0 Å². The van der Waals surface area contributed by atoms with Crippen molar-refractivity contribution < 1.29 is 9.13 Å². The van der Waals surface area contributed by atoms with Crippen molar-refractivity contribution in [3.05, 3.63) is 72.1 Å². The van der Waals surface area contributed by atoms with Gasteiger partial charge in [0.05, 0.1) is 12.9 Å². The van der Waals surface area contributed by atoms with Crippen molar-refractivity contribution in [1.82, 2.24) is 0 Å². The minimum Gasteiger partial charge on any atom is -0.380 e. The van der Waals surface area contributed by atoms with E-state index in [2.05, 4.69) is 36.4 Å². The van der Waals surface area contributed by atoms with E-state index in [1.165, 1.54) is 11.6 Å². The highest BCUT2D eigenvalue weighted by Crippen LogP contribution is 2.20. The average Bonchev–Trinajstić information content (AvgIpc) is 2.47. The Morgan fingerprint density at radius 1 is 0.895 bits per heavy atom. The first-order valence-corrected chi connectivity index (χ1v) is 6.26. The number of hydrogen-bond donors (Lipinski definition) is 0. The Balaban J connectivity index is 2.12. The fourth-order valence-corrected chi connectivity index (χ4v) is 1.97. The number of rotatable bonds is 5. The fourth-order valence-electron chi connectivity index (χ4n) is 1.97. The van der Waals surface area contributed by atoms with Crippen LogP contribution >= 0.6 is 0 Å². The number of benzene rings is 2. The number of allylic oxidation sites excluding steroid dienone is 1. The van der Waals surface area contributed by atoms with Gasteiger partial charge in [-0.1, -0.05) is 54.6 Å². The van der Waals surface area contributed by atoms with Crippen LogP contribution in [-0.2, 0) is 17.8 Å². The van der Waals surface area contributed by atoms with Gasteiger partial charge in [0.1, 0.15) is 0 Å². The molecule has 0 spiro atoms. The van der Waals surface area contributed by atoms with E-state index >= 15 is 0 Å². The molecule has 0 radical (unpaired) electrons. The van der Waals surface area contributed by atoms with Crippen LogP contribution in [0.4, 0.5) is 4.39 Å². The Kier molecular flexibility index (Phi) is 4.87. The Morgan fingerprint density at radius 2 is 1.42 bits per heavy atom. The van der Waals surface area contributed by atoms with Gasteiger partial charge in [0.15, 0.2) is 0 Å². The summed E-state index contributed by atoms with van der Waals surface area (Å²) in [6, 6.07) is 16.5. The topological polar surface area (TPSA) is 9.23 Å². The van der Waals surface area contributed by atoms with Gasteiger partial charge < -0.3 is 4.74 Å². The lowest BCUT2D eigenvalue weighted by Gasteiger charge is -2.05. The number of methoxy groups -OCH3 is 1. The third kappa shape index (κ3) is 3.76. The van der Waals surface area contributed by atoms with Crippen LogP contribution in [0, 0.1) is 0 Å². The largest absolute Gasteiger partial charge is 0.380 e. The summed E-state index contributed by atoms with van der Waals surface area (Å²) < 4.78 is 17.0. The third-order valence-corrected chi connectivity index (χ3v) is 2.99. The molecule has 0 fully saturated rings. The molecular weight excluding hydrogens is 239 g/mol. The quantitative estimate of drug-likeness (QED) is 0.764. The molecule has 0 atom stereocenters. The molecule has 98 valence electrons. The van der Waals surface area contributed by atoms with Crippen molar-refractivity contribution in [2.45, 2.75) is 13.0 Å². The van der Waals surface area contributed by atoms with E-state index in [0.29, 0.717) is 19.4 Å². The van der Waals surface area contributed by atoms with E-state index in [-0.39, 0.29) is 0 Å². The maximum Gasteiger partial charge on any atom is 0.0830 e. The minimum absolute atomic E-state index is 0.586. The molecule has 0 unspecified atom stereocenters. The minimum atomic E-state index is 0.586. The Morgan fingerprint density at radius 3 is 1.89 bits per heavy atom. The van der Waals surface area contributed by atoms with Crippen LogP contribution in [0.3, 0.4) is 0 Å². The summed E-state index contributed by atoms with van der Waals surface area (Å²) in [5.41, 5.74) is 4.61. The van der Waals surface area contributed by atoms with Crippen LogP contribution in [0.25, 0.3) is 11.1 Å². The SMILES string of the molecule is COCc1ccc(-c2ccc(C/C=C/F)cc2)cc1.